The molecule has 0 N–H and O–H groups in total. The molecule has 1 rings (SSSR count). The molecule has 0 saturated heterocycles. The fourth-order valence-corrected chi connectivity index (χ4v) is 2.33. The standard InChI is InChI=1S/C18H24BrClFNO3/c1-12(2)15-10-14(23-9-6-17(19)21)11-16(20)18(15)24-7-5-8-25-22-13(3)4/h6,10-12H,5,7-9H2,1-4H3/b17-6-. The van der Waals surface area contributed by atoms with Crippen molar-refractivity contribution in [2.75, 3.05) is 19.8 Å². The molecule has 4 nitrogen and oxygen atoms in total. The fraction of sp³-hybridized carbons (Fsp3) is 0.500. The third-order valence-corrected chi connectivity index (χ3v) is 3.63. The second kappa shape index (κ2) is 11.4. The van der Waals surface area contributed by atoms with E-state index in [2.05, 4.69) is 21.1 Å². The van der Waals surface area contributed by atoms with Gasteiger partial charge in [-0.3, -0.25) is 0 Å². The molecule has 1 aromatic carbocycles. The summed E-state index contributed by atoms with van der Waals surface area (Å²) in [6.45, 7) is 8.89. The summed E-state index contributed by atoms with van der Waals surface area (Å²) in [4.78, 5) is 5.14. The molecule has 0 aromatic heterocycles. The van der Waals surface area contributed by atoms with E-state index in [0.29, 0.717) is 36.2 Å². The third kappa shape index (κ3) is 8.59. The number of oxime groups is 1. The maximum Gasteiger partial charge on any atom is 0.165 e. The molecular weight excluding hydrogens is 413 g/mol. The van der Waals surface area contributed by atoms with Crippen LogP contribution in [-0.2, 0) is 4.84 Å². The van der Waals surface area contributed by atoms with E-state index in [4.69, 9.17) is 25.9 Å². The number of halogens is 3. The summed E-state index contributed by atoms with van der Waals surface area (Å²) >= 11 is 9.06. The van der Waals surface area contributed by atoms with Crippen LogP contribution in [0.25, 0.3) is 0 Å². The van der Waals surface area contributed by atoms with E-state index >= 15 is 0 Å². The van der Waals surface area contributed by atoms with Gasteiger partial charge in [0.2, 0.25) is 0 Å². The molecule has 0 atom stereocenters. The van der Waals surface area contributed by atoms with Gasteiger partial charge in [-0.25, -0.2) is 0 Å². The van der Waals surface area contributed by atoms with Gasteiger partial charge in [-0.1, -0.05) is 30.6 Å². The van der Waals surface area contributed by atoms with Crippen molar-refractivity contribution < 1.29 is 18.7 Å². The van der Waals surface area contributed by atoms with Crippen molar-refractivity contribution in [2.45, 2.75) is 40.0 Å². The Balaban J connectivity index is 2.71. The monoisotopic (exact) mass is 435 g/mol. The van der Waals surface area contributed by atoms with Crippen LogP contribution in [0.2, 0.25) is 5.02 Å². The number of hydrogen-bond acceptors (Lipinski definition) is 4. The van der Waals surface area contributed by atoms with Crippen molar-refractivity contribution >= 4 is 33.2 Å². The Kier molecular flexibility index (Phi) is 9.90. The van der Waals surface area contributed by atoms with Crippen LogP contribution in [0.3, 0.4) is 0 Å². The summed E-state index contributed by atoms with van der Waals surface area (Å²) in [5, 5.41) is 4.33. The Morgan fingerprint density at radius 3 is 2.60 bits per heavy atom. The lowest BCUT2D eigenvalue weighted by molar-refractivity contribution is 0.127. The number of rotatable bonds is 10. The van der Waals surface area contributed by atoms with E-state index in [1.165, 1.54) is 6.08 Å². The zero-order valence-electron chi connectivity index (χ0n) is 14.9. The van der Waals surface area contributed by atoms with Crippen molar-refractivity contribution in [2.24, 2.45) is 5.16 Å². The molecule has 7 heteroatoms. The minimum Gasteiger partial charge on any atom is -0.492 e. The van der Waals surface area contributed by atoms with Crippen LogP contribution in [0.15, 0.2) is 28.1 Å². The molecule has 0 heterocycles. The molecule has 0 bridgehead atoms. The van der Waals surface area contributed by atoms with E-state index < -0.39 is 4.74 Å². The molecule has 0 unspecified atom stereocenters. The molecule has 140 valence electrons. The second-order valence-corrected chi connectivity index (χ2v) is 7.02. The van der Waals surface area contributed by atoms with Crippen molar-refractivity contribution in [3.8, 4) is 11.5 Å². The topological polar surface area (TPSA) is 40.0 Å². The van der Waals surface area contributed by atoms with Gasteiger partial charge in [0.1, 0.15) is 24.7 Å². The molecule has 0 aliphatic heterocycles. The smallest absolute Gasteiger partial charge is 0.165 e. The average Bonchev–Trinajstić information content (AvgIpc) is 2.51. The predicted molar refractivity (Wildman–Crippen MR) is 104 cm³/mol. The van der Waals surface area contributed by atoms with Crippen molar-refractivity contribution in [1.29, 1.82) is 0 Å². The molecule has 0 radical (unpaired) electrons. The van der Waals surface area contributed by atoms with Gasteiger partial charge >= 0.3 is 0 Å². The van der Waals surface area contributed by atoms with E-state index in [9.17, 15) is 4.39 Å². The number of nitrogens with zero attached hydrogens (tertiary/aromatic N) is 1. The third-order valence-electron chi connectivity index (χ3n) is 3.03. The Hall–Kier alpha value is -1.27. The Morgan fingerprint density at radius 2 is 2.00 bits per heavy atom. The molecular formula is C18H24BrClFNO3. The Morgan fingerprint density at radius 1 is 1.28 bits per heavy atom. The van der Waals surface area contributed by atoms with Gasteiger partial charge in [-0.05, 0) is 47.8 Å². The highest BCUT2D eigenvalue weighted by Gasteiger charge is 2.15. The van der Waals surface area contributed by atoms with Crippen LogP contribution in [-0.4, -0.2) is 25.5 Å². The van der Waals surface area contributed by atoms with Gasteiger partial charge in [0.05, 0.1) is 17.3 Å². The second-order valence-electron chi connectivity index (χ2n) is 5.86. The molecule has 0 spiro atoms. The van der Waals surface area contributed by atoms with Crippen LogP contribution in [0.4, 0.5) is 4.39 Å². The van der Waals surface area contributed by atoms with E-state index in [1.54, 1.807) is 6.07 Å². The molecule has 25 heavy (non-hydrogen) atoms. The van der Waals surface area contributed by atoms with Gasteiger partial charge < -0.3 is 14.3 Å². The molecule has 0 amide bonds. The van der Waals surface area contributed by atoms with Crippen LogP contribution >= 0.6 is 27.5 Å². The van der Waals surface area contributed by atoms with Crippen LogP contribution < -0.4 is 9.47 Å². The Labute approximate surface area is 162 Å². The van der Waals surface area contributed by atoms with Crippen LogP contribution in [0.5, 0.6) is 11.5 Å². The lowest BCUT2D eigenvalue weighted by Gasteiger charge is -2.17. The highest BCUT2D eigenvalue weighted by molar-refractivity contribution is 9.11. The van der Waals surface area contributed by atoms with Crippen molar-refractivity contribution in [3.05, 3.63) is 33.5 Å². The first-order valence-electron chi connectivity index (χ1n) is 8.04. The summed E-state index contributed by atoms with van der Waals surface area (Å²) in [7, 11) is 0. The lowest BCUT2D eigenvalue weighted by atomic mass is 10.0. The van der Waals surface area contributed by atoms with E-state index in [-0.39, 0.29) is 12.5 Å². The van der Waals surface area contributed by atoms with Gasteiger partial charge in [0.15, 0.2) is 4.74 Å². The van der Waals surface area contributed by atoms with E-state index in [0.717, 1.165) is 11.3 Å². The lowest BCUT2D eigenvalue weighted by Crippen LogP contribution is -2.05. The largest absolute Gasteiger partial charge is 0.492 e. The first-order chi connectivity index (χ1) is 11.8. The van der Waals surface area contributed by atoms with Gasteiger partial charge in [-0.15, -0.1) is 0 Å². The van der Waals surface area contributed by atoms with Crippen molar-refractivity contribution in [3.63, 3.8) is 0 Å². The average molecular weight is 437 g/mol. The van der Waals surface area contributed by atoms with Crippen LogP contribution in [0.1, 0.15) is 45.6 Å². The number of benzene rings is 1. The summed E-state index contributed by atoms with van der Waals surface area (Å²) in [6, 6.07) is 3.54. The first kappa shape index (κ1) is 21.8. The zero-order valence-corrected chi connectivity index (χ0v) is 17.3. The quantitative estimate of drug-likeness (QED) is 0.248. The van der Waals surface area contributed by atoms with Gasteiger partial charge in [0.25, 0.3) is 0 Å². The summed E-state index contributed by atoms with van der Waals surface area (Å²) in [5.74, 6) is 1.41. The maximum absolute atomic E-state index is 12.7. The SMILES string of the molecule is CC(C)=NOCCCOc1c(Cl)cc(OC/C=C(\F)Br)cc1C(C)C. The normalized spacial score (nSPS) is 11.4. The number of ether oxygens (including phenoxy) is 2. The maximum atomic E-state index is 12.7. The molecule has 0 fully saturated rings. The zero-order chi connectivity index (χ0) is 18.8. The predicted octanol–water partition coefficient (Wildman–Crippen LogP) is 6.23. The molecule has 0 aliphatic rings. The highest BCUT2D eigenvalue weighted by Crippen LogP contribution is 2.37. The minimum absolute atomic E-state index is 0.111. The van der Waals surface area contributed by atoms with Crippen molar-refractivity contribution in [1.82, 2.24) is 0 Å². The van der Waals surface area contributed by atoms with Gasteiger partial charge in [0, 0.05) is 18.1 Å². The molecule has 0 saturated carbocycles. The van der Waals surface area contributed by atoms with E-state index in [1.807, 2.05) is 33.8 Å². The molecule has 0 aliphatic carbocycles. The number of hydrogen-bond donors (Lipinski definition) is 0. The fourth-order valence-electron chi connectivity index (χ4n) is 1.93. The highest BCUT2D eigenvalue weighted by atomic mass is 79.9. The Bertz CT molecular complexity index is 613. The summed E-state index contributed by atoms with van der Waals surface area (Å²) < 4.78 is 23.5. The van der Waals surface area contributed by atoms with Crippen LogP contribution in [0, 0.1) is 0 Å². The van der Waals surface area contributed by atoms with Gasteiger partial charge in [-0.2, -0.15) is 4.39 Å². The minimum atomic E-state index is -0.465. The summed E-state index contributed by atoms with van der Waals surface area (Å²) in [5.41, 5.74) is 1.81. The molecule has 1 aromatic rings. The summed E-state index contributed by atoms with van der Waals surface area (Å²) in [6.07, 6.45) is 1.98. The first-order valence-corrected chi connectivity index (χ1v) is 9.21.